The molecule has 4 bridgehead atoms. The maximum atomic E-state index is 13.0. The number of ether oxygens (including phenoxy) is 1. The Morgan fingerprint density at radius 2 is 2.19 bits per heavy atom. The van der Waals surface area contributed by atoms with Crippen molar-refractivity contribution < 1.29 is 9.53 Å². The number of carbonyl (C=O) groups is 1. The van der Waals surface area contributed by atoms with Crippen molar-refractivity contribution in [1.29, 1.82) is 0 Å². The number of benzene rings is 1. The number of amides is 1. The highest BCUT2D eigenvalue weighted by molar-refractivity contribution is 6.00. The first-order valence-electron chi connectivity index (χ1n) is 10.2. The molecule has 4 aromatic rings. The number of hydrogen-bond donors (Lipinski definition) is 3. The summed E-state index contributed by atoms with van der Waals surface area (Å²) in [4.78, 5) is 17.7. The summed E-state index contributed by atoms with van der Waals surface area (Å²) >= 11 is 0. The van der Waals surface area contributed by atoms with E-state index in [2.05, 4.69) is 32.2 Å². The summed E-state index contributed by atoms with van der Waals surface area (Å²) in [5.74, 6) is 1.09. The number of aryl methyl sites for hydroxylation is 1. The molecule has 31 heavy (non-hydrogen) atoms. The normalized spacial score (nSPS) is 16.9. The van der Waals surface area contributed by atoms with Crippen LogP contribution in [0.15, 0.2) is 30.6 Å². The van der Waals surface area contributed by atoms with Crippen LogP contribution in [0.1, 0.15) is 29.3 Å². The minimum atomic E-state index is -0.220. The second-order valence-corrected chi connectivity index (χ2v) is 7.67. The van der Waals surface area contributed by atoms with Gasteiger partial charge in [0.05, 0.1) is 36.7 Å². The number of fused-ring (bicyclic) bond motifs is 5. The summed E-state index contributed by atoms with van der Waals surface area (Å²) in [7, 11) is 3.70. The quantitative estimate of drug-likeness (QED) is 0.457. The van der Waals surface area contributed by atoms with E-state index in [4.69, 9.17) is 9.72 Å². The maximum Gasteiger partial charge on any atom is 0.257 e. The number of carbonyl (C=O) groups excluding carboxylic acids is 1. The van der Waals surface area contributed by atoms with Crippen molar-refractivity contribution in [2.45, 2.75) is 26.0 Å². The van der Waals surface area contributed by atoms with Crippen molar-refractivity contribution in [2.75, 3.05) is 24.3 Å². The van der Waals surface area contributed by atoms with Crippen LogP contribution in [0.2, 0.25) is 0 Å². The number of rotatable bonds is 2. The highest BCUT2D eigenvalue weighted by atomic mass is 16.5. The van der Waals surface area contributed by atoms with Crippen molar-refractivity contribution in [3.8, 4) is 0 Å². The van der Waals surface area contributed by atoms with Crippen molar-refractivity contribution >= 4 is 39.8 Å². The third-order valence-electron chi connectivity index (χ3n) is 5.45. The van der Waals surface area contributed by atoms with Gasteiger partial charge in [-0.05, 0) is 24.1 Å². The average Bonchev–Trinajstić information content (AvgIpc) is 3.34. The molecule has 0 aliphatic carbocycles. The van der Waals surface area contributed by atoms with E-state index >= 15 is 0 Å². The van der Waals surface area contributed by atoms with Gasteiger partial charge >= 0.3 is 0 Å². The molecule has 1 aromatic carbocycles. The number of anilines is 3. The van der Waals surface area contributed by atoms with Crippen LogP contribution in [0.4, 0.5) is 17.3 Å². The van der Waals surface area contributed by atoms with Gasteiger partial charge in [-0.3, -0.25) is 9.48 Å². The van der Waals surface area contributed by atoms with Gasteiger partial charge in [0.25, 0.3) is 5.91 Å². The van der Waals surface area contributed by atoms with Crippen molar-refractivity contribution in [3.63, 3.8) is 0 Å². The molecule has 0 radical (unpaired) electrons. The Labute approximate surface area is 178 Å². The van der Waals surface area contributed by atoms with E-state index < -0.39 is 0 Å². The van der Waals surface area contributed by atoms with Crippen LogP contribution in [0.5, 0.6) is 0 Å². The van der Waals surface area contributed by atoms with Crippen LogP contribution in [-0.4, -0.2) is 50.0 Å². The summed E-state index contributed by atoms with van der Waals surface area (Å²) < 4.78 is 9.35. The molecule has 0 spiro atoms. The van der Waals surface area contributed by atoms with Crippen LogP contribution in [0.25, 0.3) is 16.6 Å². The zero-order valence-electron chi connectivity index (χ0n) is 17.6. The lowest BCUT2D eigenvalue weighted by Gasteiger charge is -2.18. The Bertz CT molecular complexity index is 1290. The monoisotopic (exact) mass is 420 g/mol. The standard InChI is InChI=1S/C21H24N8O2/c1-4-13-11-31-10-12-5-16(15-9-28(3)27-17(15)6-12)25-18-7-19(22-2)29-20(26-18)14(8-23-29)21(30)24-13/h5-9,13,22H,4,10-11H2,1-3H3,(H,24,30)(H,25,26)/t13-/m1/s1. The molecule has 3 aromatic heterocycles. The van der Waals surface area contributed by atoms with Crippen LogP contribution >= 0.6 is 0 Å². The van der Waals surface area contributed by atoms with Gasteiger partial charge in [0.1, 0.15) is 17.2 Å². The molecule has 0 saturated carbocycles. The average molecular weight is 420 g/mol. The largest absolute Gasteiger partial charge is 0.375 e. The lowest BCUT2D eigenvalue weighted by molar-refractivity contribution is 0.0793. The van der Waals surface area contributed by atoms with Crippen LogP contribution in [0, 0.1) is 0 Å². The number of aromatic nitrogens is 5. The fourth-order valence-corrected chi connectivity index (χ4v) is 3.83. The molecule has 0 fully saturated rings. The van der Waals surface area contributed by atoms with Gasteiger partial charge in [-0.15, -0.1) is 0 Å². The van der Waals surface area contributed by atoms with Gasteiger partial charge in [-0.2, -0.15) is 14.7 Å². The fraction of sp³-hybridized carbons (Fsp3) is 0.333. The fourth-order valence-electron chi connectivity index (χ4n) is 3.83. The number of nitrogens with zero attached hydrogens (tertiary/aromatic N) is 5. The molecule has 5 rings (SSSR count). The minimum absolute atomic E-state index is 0.117. The molecule has 160 valence electrons. The SMILES string of the molecule is CC[C@@H]1COCc2cc(c3cn(C)nc3c2)Nc2cc(NC)n3ncc(c3n2)C(=O)N1. The van der Waals surface area contributed by atoms with Crippen molar-refractivity contribution in [3.05, 3.63) is 41.7 Å². The van der Waals surface area contributed by atoms with E-state index in [0.717, 1.165) is 28.6 Å². The molecule has 1 aliphatic rings. The van der Waals surface area contributed by atoms with Gasteiger partial charge in [0, 0.05) is 31.7 Å². The van der Waals surface area contributed by atoms with Gasteiger partial charge in [0.15, 0.2) is 5.65 Å². The molecule has 0 saturated heterocycles. The molecular formula is C21H24N8O2. The lowest BCUT2D eigenvalue weighted by atomic mass is 10.1. The molecule has 4 heterocycles. The first-order valence-corrected chi connectivity index (χ1v) is 10.2. The molecule has 3 N–H and O–H groups in total. The Kier molecular flexibility index (Phi) is 4.70. The Morgan fingerprint density at radius 1 is 1.32 bits per heavy atom. The third-order valence-corrected chi connectivity index (χ3v) is 5.45. The topological polar surface area (TPSA) is 110 Å². The number of hydrogen-bond acceptors (Lipinski definition) is 7. The van der Waals surface area contributed by atoms with Gasteiger partial charge in [-0.1, -0.05) is 6.92 Å². The molecular weight excluding hydrogens is 396 g/mol. The van der Waals surface area contributed by atoms with E-state index in [1.807, 2.05) is 39.3 Å². The Morgan fingerprint density at radius 3 is 3.00 bits per heavy atom. The zero-order valence-corrected chi connectivity index (χ0v) is 17.6. The second kappa shape index (κ2) is 7.55. The summed E-state index contributed by atoms with van der Waals surface area (Å²) in [6, 6.07) is 5.82. The van der Waals surface area contributed by atoms with Gasteiger partial charge < -0.3 is 20.7 Å². The minimum Gasteiger partial charge on any atom is -0.375 e. The van der Waals surface area contributed by atoms with Crippen LogP contribution < -0.4 is 16.0 Å². The molecule has 0 unspecified atom stereocenters. The van der Waals surface area contributed by atoms with Crippen LogP contribution in [-0.2, 0) is 18.4 Å². The van der Waals surface area contributed by atoms with E-state index in [1.165, 1.54) is 0 Å². The maximum absolute atomic E-state index is 13.0. The highest BCUT2D eigenvalue weighted by Crippen LogP contribution is 2.29. The van der Waals surface area contributed by atoms with Crippen molar-refractivity contribution in [2.24, 2.45) is 7.05 Å². The predicted octanol–water partition coefficient (Wildman–Crippen LogP) is 2.44. The molecule has 1 atom stereocenters. The summed E-state index contributed by atoms with van der Waals surface area (Å²) in [5, 5.41) is 19.5. The van der Waals surface area contributed by atoms with E-state index in [-0.39, 0.29) is 11.9 Å². The molecule has 1 amide bonds. The Balaban J connectivity index is 1.71. The van der Waals surface area contributed by atoms with Crippen molar-refractivity contribution in [1.82, 2.24) is 29.7 Å². The highest BCUT2D eigenvalue weighted by Gasteiger charge is 2.21. The van der Waals surface area contributed by atoms with Crippen LogP contribution in [0.3, 0.4) is 0 Å². The van der Waals surface area contributed by atoms with Gasteiger partial charge in [0.2, 0.25) is 0 Å². The van der Waals surface area contributed by atoms with E-state index in [1.54, 1.807) is 15.4 Å². The number of nitrogens with one attached hydrogen (secondary N) is 3. The zero-order chi connectivity index (χ0) is 21.5. The van der Waals surface area contributed by atoms with E-state index in [0.29, 0.717) is 36.1 Å². The molecule has 10 heteroatoms. The smallest absolute Gasteiger partial charge is 0.257 e. The second-order valence-electron chi connectivity index (χ2n) is 7.67. The van der Waals surface area contributed by atoms with Gasteiger partial charge in [-0.25, -0.2) is 4.98 Å². The van der Waals surface area contributed by atoms with E-state index in [9.17, 15) is 4.79 Å². The summed E-state index contributed by atoms with van der Waals surface area (Å²) in [6.45, 7) is 2.84. The molecule has 10 nitrogen and oxygen atoms in total. The summed E-state index contributed by atoms with van der Waals surface area (Å²) in [6.07, 6.45) is 4.26. The Hall–Kier alpha value is -3.66. The predicted molar refractivity (Wildman–Crippen MR) is 118 cm³/mol. The molecule has 1 aliphatic heterocycles. The third kappa shape index (κ3) is 3.44. The summed E-state index contributed by atoms with van der Waals surface area (Å²) in [5.41, 5.74) is 3.62. The first-order chi connectivity index (χ1) is 15.1. The first kappa shape index (κ1) is 19.3. The lowest BCUT2D eigenvalue weighted by Crippen LogP contribution is -2.37.